The van der Waals surface area contributed by atoms with Crippen molar-refractivity contribution in [1.29, 1.82) is 0 Å². The van der Waals surface area contributed by atoms with Gasteiger partial charge in [0.2, 0.25) is 0 Å². The second-order valence-corrected chi connectivity index (χ2v) is 5.17. The van der Waals surface area contributed by atoms with Gasteiger partial charge in [0.1, 0.15) is 11.0 Å². The van der Waals surface area contributed by atoms with Crippen LogP contribution in [0.1, 0.15) is 31.2 Å². The molecule has 5 nitrogen and oxygen atoms in total. The van der Waals surface area contributed by atoms with Crippen LogP contribution in [0.3, 0.4) is 0 Å². The van der Waals surface area contributed by atoms with E-state index in [1.807, 2.05) is 13.8 Å². The highest BCUT2D eigenvalue weighted by Gasteiger charge is 2.15. The molecule has 0 aliphatic heterocycles. The fourth-order valence-corrected chi connectivity index (χ4v) is 1.99. The molecule has 0 fully saturated rings. The van der Waals surface area contributed by atoms with Gasteiger partial charge in [-0.25, -0.2) is 9.97 Å². The molecule has 0 bridgehead atoms. The summed E-state index contributed by atoms with van der Waals surface area (Å²) in [5.74, 6) is 0.757. The van der Waals surface area contributed by atoms with Gasteiger partial charge in [-0.15, -0.1) is 0 Å². The molecule has 0 N–H and O–H groups in total. The first-order valence-electron chi connectivity index (χ1n) is 6.19. The van der Waals surface area contributed by atoms with Crippen molar-refractivity contribution in [3.8, 4) is 11.3 Å². The van der Waals surface area contributed by atoms with Crippen LogP contribution in [0, 0.1) is 17.0 Å². The summed E-state index contributed by atoms with van der Waals surface area (Å²) >= 11 is 6.13. The molecule has 0 aliphatic carbocycles. The molecule has 1 aromatic carbocycles. The first-order chi connectivity index (χ1) is 9.40. The summed E-state index contributed by atoms with van der Waals surface area (Å²) in [6, 6.07) is 6.36. The summed E-state index contributed by atoms with van der Waals surface area (Å²) < 4.78 is 0. The second-order valence-electron chi connectivity index (χ2n) is 4.81. The smallest absolute Gasteiger partial charge is 0.258 e. The molecular weight excluding hydrogens is 278 g/mol. The number of hydrogen-bond acceptors (Lipinski definition) is 4. The molecule has 6 heteroatoms. The molecule has 104 valence electrons. The summed E-state index contributed by atoms with van der Waals surface area (Å²) in [6.45, 7) is 5.75. The Hall–Kier alpha value is -2.01. The molecule has 2 aromatic rings. The number of non-ortho nitro benzene ring substituents is 1. The van der Waals surface area contributed by atoms with E-state index in [0.717, 1.165) is 5.56 Å². The van der Waals surface area contributed by atoms with Gasteiger partial charge in [0.15, 0.2) is 0 Å². The van der Waals surface area contributed by atoms with Gasteiger partial charge in [-0.05, 0) is 6.92 Å². The molecule has 0 amide bonds. The lowest BCUT2D eigenvalue weighted by atomic mass is 10.1. The summed E-state index contributed by atoms with van der Waals surface area (Å²) in [7, 11) is 0. The van der Waals surface area contributed by atoms with E-state index in [0.29, 0.717) is 22.2 Å². The van der Waals surface area contributed by atoms with Crippen molar-refractivity contribution >= 4 is 17.3 Å². The maximum absolute atomic E-state index is 10.9. The predicted octanol–water partition coefficient (Wildman–Crippen LogP) is 4.14. The molecule has 0 spiro atoms. The van der Waals surface area contributed by atoms with Crippen molar-refractivity contribution in [1.82, 2.24) is 9.97 Å². The number of benzene rings is 1. The molecule has 0 saturated carbocycles. The highest BCUT2D eigenvalue weighted by Crippen LogP contribution is 2.29. The second kappa shape index (κ2) is 5.54. The number of halogens is 1. The van der Waals surface area contributed by atoms with Crippen molar-refractivity contribution in [2.75, 3.05) is 0 Å². The Balaban J connectivity index is 2.62. The van der Waals surface area contributed by atoms with Gasteiger partial charge < -0.3 is 0 Å². The Bertz CT molecular complexity index is 671. The minimum absolute atomic E-state index is 0.0303. The van der Waals surface area contributed by atoms with Crippen LogP contribution < -0.4 is 0 Å². The topological polar surface area (TPSA) is 68.9 Å². The zero-order valence-electron chi connectivity index (χ0n) is 11.4. The molecule has 0 radical (unpaired) electrons. The minimum Gasteiger partial charge on any atom is -0.258 e. The van der Waals surface area contributed by atoms with E-state index in [-0.39, 0.29) is 11.6 Å². The molecular formula is C14H14ClN3O2. The standard InChI is InChI=1S/C14H14ClN3O2/c1-8(2)14-16-12(9(3)13(15)17-14)10-5-4-6-11(7-10)18(19)20/h4-8H,1-3H3. The Morgan fingerprint density at radius 1 is 1.30 bits per heavy atom. The number of nitro groups is 1. The largest absolute Gasteiger partial charge is 0.270 e. The number of rotatable bonds is 3. The maximum Gasteiger partial charge on any atom is 0.270 e. The first-order valence-corrected chi connectivity index (χ1v) is 6.56. The van der Waals surface area contributed by atoms with E-state index in [9.17, 15) is 10.1 Å². The highest BCUT2D eigenvalue weighted by atomic mass is 35.5. The van der Waals surface area contributed by atoms with Crippen molar-refractivity contribution in [3.05, 3.63) is 50.9 Å². The van der Waals surface area contributed by atoms with Gasteiger partial charge in [-0.2, -0.15) is 0 Å². The van der Waals surface area contributed by atoms with Gasteiger partial charge in [-0.1, -0.05) is 37.6 Å². The summed E-state index contributed by atoms with van der Waals surface area (Å²) in [6.07, 6.45) is 0. The minimum atomic E-state index is -0.426. The number of hydrogen-bond donors (Lipinski definition) is 0. The third kappa shape index (κ3) is 2.77. The fraction of sp³-hybridized carbons (Fsp3) is 0.286. The number of nitrogens with zero attached hydrogens (tertiary/aromatic N) is 3. The third-order valence-electron chi connectivity index (χ3n) is 2.95. The first kappa shape index (κ1) is 14.4. The van der Waals surface area contributed by atoms with Gasteiger partial charge >= 0.3 is 0 Å². The van der Waals surface area contributed by atoms with E-state index >= 15 is 0 Å². The van der Waals surface area contributed by atoms with Crippen LogP contribution >= 0.6 is 11.6 Å². The van der Waals surface area contributed by atoms with Crippen molar-refractivity contribution in [3.63, 3.8) is 0 Å². The van der Waals surface area contributed by atoms with Crippen LogP contribution in [0.4, 0.5) is 5.69 Å². The normalized spacial score (nSPS) is 10.8. The van der Waals surface area contributed by atoms with Gasteiger partial charge in [0, 0.05) is 29.2 Å². The molecule has 0 saturated heterocycles. The zero-order chi connectivity index (χ0) is 14.9. The summed E-state index contributed by atoms with van der Waals surface area (Å²) in [5.41, 5.74) is 2.06. The van der Waals surface area contributed by atoms with Crippen molar-refractivity contribution in [2.45, 2.75) is 26.7 Å². The quantitative estimate of drug-likeness (QED) is 0.484. The van der Waals surface area contributed by atoms with Gasteiger partial charge in [0.25, 0.3) is 5.69 Å². The number of aromatic nitrogens is 2. The Morgan fingerprint density at radius 2 is 2.00 bits per heavy atom. The Morgan fingerprint density at radius 3 is 2.60 bits per heavy atom. The average Bonchev–Trinajstić information content (AvgIpc) is 2.41. The molecule has 2 rings (SSSR count). The SMILES string of the molecule is Cc1c(Cl)nc(C(C)C)nc1-c1cccc([N+](=O)[O-])c1. The van der Waals surface area contributed by atoms with Crippen LogP contribution in [0.5, 0.6) is 0 Å². The van der Waals surface area contributed by atoms with E-state index in [1.165, 1.54) is 12.1 Å². The van der Waals surface area contributed by atoms with Gasteiger partial charge in [0.05, 0.1) is 10.6 Å². The Labute approximate surface area is 121 Å². The lowest BCUT2D eigenvalue weighted by Crippen LogP contribution is -2.02. The molecule has 0 aliphatic rings. The van der Waals surface area contributed by atoms with Crippen LogP contribution in [-0.2, 0) is 0 Å². The highest BCUT2D eigenvalue weighted by molar-refractivity contribution is 6.30. The fourth-order valence-electron chi connectivity index (χ4n) is 1.81. The molecule has 1 aromatic heterocycles. The average molecular weight is 292 g/mol. The van der Waals surface area contributed by atoms with E-state index in [4.69, 9.17) is 11.6 Å². The van der Waals surface area contributed by atoms with E-state index < -0.39 is 4.92 Å². The molecule has 0 atom stereocenters. The van der Waals surface area contributed by atoms with Crippen molar-refractivity contribution in [2.24, 2.45) is 0 Å². The predicted molar refractivity (Wildman–Crippen MR) is 78.0 cm³/mol. The van der Waals surface area contributed by atoms with Crippen molar-refractivity contribution < 1.29 is 4.92 Å². The summed E-state index contributed by atoms with van der Waals surface area (Å²) in [4.78, 5) is 19.2. The monoisotopic (exact) mass is 291 g/mol. The Kier molecular flexibility index (Phi) is 3.99. The number of nitro benzene ring substituents is 1. The molecule has 20 heavy (non-hydrogen) atoms. The zero-order valence-corrected chi connectivity index (χ0v) is 12.2. The maximum atomic E-state index is 10.9. The van der Waals surface area contributed by atoms with Crippen LogP contribution in [0.2, 0.25) is 5.15 Å². The van der Waals surface area contributed by atoms with E-state index in [2.05, 4.69) is 9.97 Å². The molecule has 0 unspecified atom stereocenters. The summed E-state index contributed by atoms with van der Waals surface area (Å²) in [5, 5.41) is 11.2. The van der Waals surface area contributed by atoms with E-state index in [1.54, 1.807) is 19.1 Å². The molecule has 1 heterocycles. The van der Waals surface area contributed by atoms with Crippen LogP contribution in [0.15, 0.2) is 24.3 Å². The van der Waals surface area contributed by atoms with Gasteiger partial charge in [-0.3, -0.25) is 10.1 Å². The lowest BCUT2D eigenvalue weighted by molar-refractivity contribution is -0.384. The third-order valence-corrected chi connectivity index (χ3v) is 3.32. The van der Waals surface area contributed by atoms with Crippen LogP contribution in [-0.4, -0.2) is 14.9 Å². The van der Waals surface area contributed by atoms with Crippen LogP contribution in [0.25, 0.3) is 11.3 Å². The lowest BCUT2D eigenvalue weighted by Gasteiger charge is -2.11.